The van der Waals surface area contributed by atoms with Gasteiger partial charge in [0, 0.05) is 17.8 Å². The normalized spacial score (nSPS) is 22.4. The van der Waals surface area contributed by atoms with Crippen molar-refractivity contribution in [1.82, 2.24) is 0 Å². The van der Waals surface area contributed by atoms with E-state index in [1.165, 1.54) is 109 Å². The summed E-state index contributed by atoms with van der Waals surface area (Å²) < 4.78 is 94.1. The van der Waals surface area contributed by atoms with Crippen LogP contribution in [0.5, 0.6) is 0 Å². The van der Waals surface area contributed by atoms with E-state index in [-0.39, 0.29) is 29.0 Å². The number of rotatable bonds is 5. The van der Waals surface area contributed by atoms with Gasteiger partial charge >= 0.3 is 0 Å². The molecule has 76 heavy (non-hydrogen) atoms. The van der Waals surface area contributed by atoms with Gasteiger partial charge in [0.1, 0.15) is 0 Å². The first-order chi connectivity index (χ1) is 39.7. The van der Waals surface area contributed by atoms with Crippen molar-refractivity contribution in [2.75, 3.05) is 0 Å². The van der Waals surface area contributed by atoms with Crippen LogP contribution >= 0.6 is 0 Å². The predicted molar refractivity (Wildman–Crippen MR) is 367 cm³/mol. The summed E-state index contributed by atoms with van der Waals surface area (Å²) in [6, 6.07) is 0. The summed E-state index contributed by atoms with van der Waals surface area (Å²) in [7, 11) is 0. The standard InChI is InChI=1S/C11H20.C8H16.2C7H14.C6H12.C6H14.2C5H12.4C4H10.C3H8.C2H6/c1-10-4-8-11(9-5-10)6-2-3-7-11;1-2-8-6-4-3-5-7-8;1-7-5-3-2-4-6-7;1-2-7-5-3-4-6-7;1-6-4-2-3-5-6;1-5-6(2,3)4;1-5(2,3)4;1-4-5(2)3;2*1-4(2)3;2*1-3-4-2;1-3-2;1-2/h10H,2-9H2,1H3;8H,2-7H2,1H3;2*7H,2-6H2,1H3;6H,2-5H2,1H3;5H2,1-4H3;1-4H3;5H,4H2,1-3H3;2*4H,1-3H3;2*3-4H2,1-2H3;3H2,1-2H3;1-2H3/i;2D2;7D;2D2;6D;5D2;;4D2;4D;;3D2;;;. The van der Waals surface area contributed by atoms with Crippen molar-refractivity contribution < 1.29 is 17.8 Å². The van der Waals surface area contributed by atoms with Crippen molar-refractivity contribution >= 4 is 0 Å². The van der Waals surface area contributed by atoms with Crippen molar-refractivity contribution in [3.63, 3.8) is 0 Å². The second-order valence-corrected chi connectivity index (χ2v) is 27.1. The Bertz CT molecular complexity index is 1380. The van der Waals surface area contributed by atoms with Gasteiger partial charge in [0.05, 0.1) is 0 Å². The Morgan fingerprint density at radius 3 is 0.829 bits per heavy atom. The molecular formula is C76H168. The second-order valence-electron chi connectivity index (χ2n) is 27.1. The third-order valence-corrected chi connectivity index (χ3v) is 13.1. The first-order valence-corrected chi connectivity index (χ1v) is 33.2. The minimum Gasteiger partial charge on any atom is -0.0683 e. The molecule has 1 spiro atoms. The van der Waals surface area contributed by atoms with Crippen LogP contribution in [-0.2, 0) is 0 Å². The van der Waals surface area contributed by atoms with Gasteiger partial charge in [-0.25, -0.2) is 0 Å². The minimum atomic E-state index is -1.06. The molecule has 0 heteroatoms. The molecule has 0 heterocycles. The van der Waals surface area contributed by atoms with Crippen LogP contribution in [0.2, 0.25) is 0 Å². The Balaban J connectivity index is -0.000000135. The predicted octanol–water partition coefficient (Wildman–Crippen LogP) is 30.0. The van der Waals surface area contributed by atoms with Gasteiger partial charge in [-0.15, -0.1) is 0 Å². The molecule has 6 saturated carbocycles. The van der Waals surface area contributed by atoms with Crippen molar-refractivity contribution in [3.05, 3.63) is 0 Å². The van der Waals surface area contributed by atoms with E-state index >= 15 is 0 Å². The molecular weight excluding hydrogens is 913 g/mol. The highest BCUT2D eigenvalue weighted by Gasteiger charge is 2.36. The number of hydrogen-bond donors (Lipinski definition) is 0. The van der Waals surface area contributed by atoms with E-state index < -0.39 is 31.9 Å². The molecule has 0 unspecified atom stereocenters. The molecule has 0 nitrogen and oxygen atoms in total. The Morgan fingerprint density at radius 1 is 0.447 bits per heavy atom. The van der Waals surface area contributed by atoms with Crippen LogP contribution < -0.4 is 0 Å². The lowest BCUT2D eigenvalue weighted by molar-refractivity contribution is 0.162. The van der Waals surface area contributed by atoms with E-state index in [4.69, 9.17) is 17.8 Å². The Hall–Kier alpha value is 0. The van der Waals surface area contributed by atoms with Crippen LogP contribution in [0.25, 0.3) is 0 Å². The lowest BCUT2D eigenvalue weighted by atomic mass is 9.70. The van der Waals surface area contributed by atoms with Gasteiger partial charge in [-0.1, -0.05) is 407 Å². The summed E-state index contributed by atoms with van der Waals surface area (Å²) in [5.74, 6) is 2.30. The molecule has 0 aromatic heterocycles. The SMILES string of the molecule is CC.CC(C)(C)C.CC(C)C.CC1CCC2(CCCC2)CC1.CCC.CCCC.[2H]C(C)(C)C.[2H]C([2H])(C)C(C)(C)C.[2H]C([2H])(C)C(C)C.[2H]C([2H])(C)C1CCCC1.[2H]C([2H])(C)C1CCCCC1.[2H]C([2H])(C)CC.[2H]C1(C)CCCC1.[2H]C1(C)CCCCC1. The topological polar surface area (TPSA) is 0 Å². The molecule has 0 N–H and O–H groups in total. The molecule has 0 radical (unpaired) electrons. The number of hydrogen-bond acceptors (Lipinski definition) is 0. The van der Waals surface area contributed by atoms with Crippen LogP contribution in [-0.4, -0.2) is 0 Å². The summed E-state index contributed by atoms with van der Waals surface area (Å²) in [5.41, 5.74) is 1.12. The molecule has 6 rings (SSSR count). The zero-order valence-electron chi connectivity index (χ0n) is 72.6. The molecule has 6 fully saturated rings. The molecule has 0 aromatic carbocycles. The molecule has 0 amide bonds. The Kier molecular flexibility index (Phi) is 59.4. The van der Waals surface area contributed by atoms with Gasteiger partial charge in [-0.2, -0.15) is 0 Å². The fourth-order valence-corrected chi connectivity index (χ4v) is 7.74. The average molecular weight is 1100 g/mol. The maximum Gasteiger partial charge on any atom is 0.0300 e. The second kappa shape index (κ2) is 69.3. The van der Waals surface area contributed by atoms with E-state index in [2.05, 4.69) is 83.1 Å². The molecule has 0 saturated heterocycles. The molecule has 472 valence electrons. The monoisotopic (exact) mass is 1090 g/mol. The van der Waals surface area contributed by atoms with Gasteiger partial charge in [0.2, 0.25) is 0 Å². The highest BCUT2D eigenvalue weighted by atomic mass is 14.4. The largest absolute Gasteiger partial charge is 0.0683 e. The summed E-state index contributed by atoms with van der Waals surface area (Å²) in [4.78, 5) is 0. The maximum absolute atomic E-state index is 7.63. The van der Waals surface area contributed by atoms with Gasteiger partial charge in [-0.3, -0.25) is 0 Å². The average Bonchev–Trinajstić information content (AvgIpc) is 4.26. The first-order valence-electron chi connectivity index (χ1n) is 39.7. The van der Waals surface area contributed by atoms with Gasteiger partial charge in [-0.05, 0) is 89.2 Å². The maximum atomic E-state index is 7.63. The summed E-state index contributed by atoms with van der Waals surface area (Å²) in [5, 5.41) is 0. The Labute approximate surface area is 511 Å². The minimum absolute atomic E-state index is 0.0556. The van der Waals surface area contributed by atoms with Crippen LogP contribution in [0.3, 0.4) is 0 Å². The van der Waals surface area contributed by atoms with Crippen LogP contribution in [0.15, 0.2) is 0 Å². The molecule has 0 bridgehead atoms. The highest BCUT2D eigenvalue weighted by molar-refractivity contribution is 4.88. The zero-order chi connectivity index (χ0) is 72.6. The van der Waals surface area contributed by atoms with Gasteiger partial charge in [0.25, 0.3) is 0 Å². The summed E-state index contributed by atoms with van der Waals surface area (Å²) in [6.07, 6.45) is 33.5. The molecule has 6 aliphatic rings. The lowest BCUT2D eigenvalue weighted by Gasteiger charge is -2.36. The third kappa shape index (κ3) is 103. The van der Waals surface area contributed by atoms with Crippen LogP contribution in [0.1, 0.15) is 450 Å². The highest BCUT2D eigenvalue weighted by Crippen LogP contribution is 2.50. The molecule has 0 atom stereocenters. The fourth-order valence-electron chi connectivity index (χ4n) is 7.74. The van der Waals surface area contributed by atoms with E-state index in [1.807, 2.05) is 90.0 Å². The molecule has 6 aliphatic carbocycles. The summed E-state index contributed by atoms with van der Waals surface area (Å²) >= 11 is 0. The molecule has 0 aliphatic heterocycles. The van der Waals surface area contributed by atoms with Crippen molar-refractivity contribution in [3.8, 4) is 0 Å². The van der Waals surface area contributed by atoms with E-state index in [9.17, 15) is 0 Å². The zero-order valence-corrected chi connectivity index (χ0v) is 59.6. The fraction of sp³-hybridized carbons (Fsp3) is 1.00. The van der Waals surface area contributed by atoms with Crippen molar-refractivity contribution in [1.29, 1.82) is 0 Å². The van der Waals surface area contributed by atoms with Crippen molar-refractivity contribution in [2.45, 2.75) is 432 Å². The van der Waals surface area contributed by atoms with E-state index in [0.29, 0.717) is 23.7 Å². The smallest absolute Gasteiger partial charge is 0.0300 e. The van der Waals surface area contributed by atoms with Gasteiger partial charge < -0.3 is 0 Å². The summed E-state index contributed by atoms with van der Waals surface area (Å²) in [6.45, 7) is 59.4. The Morgan fingerprint density at radius 2 is 0.671 bits per heavy atom. The molecule has 0 aromatic rings. The van der Waals surface area contributed by atoms with E-state index in [1.54, 1.807) is 60.3 Å². The van der Waals surface area contributed by atoms with Gasteiger partial charge in [0.15, 0.2) is 0 Å². The quantitative estimate of drug-likeness (QED) is 0.257. The number of unbranched alkanes of at least 4 members (excludes halogenated alkanes) is 1. The van der Waals surface area contributed by atoms with E-state index in [0.717, 1.165) is 68.6 Å². The van der Waals surface area contributed by atoms with Crippen molar-refractivity contribution in [2.24, 2.45) is 63.5 Å². The first kappa shape index (κ1) is 65.2. The van der Waals surface area contributed by atoms with Crippen LogP contribution in [0.4, 0.5) is 0 Å². The van der Waals surface area contributed by atoms with Crippen LogP contribution in [0, 0.1) is 63.5 Å². The lowest BCUT2D eigenvalue weighted by Crippen LogP contribution is -2.23. The third-order valence-electron chi connectivity index (χ3n) is 13.1.